The number of nitrogens with zero attached hydrogens (tertiary/aromatic N) is 2. The summed E-state index contributed by atoms with van der Waals surface area (Å²) in [5, 5.41) is 12.6. The SMILES string of the molecule is CCC(C(=O)O)N(C)C(=O)c1nc(CNC(=O)OCC2c3ccccc3-c3ccccc32)sc1C. The van der Waals surface area contributed by atoms with E-state index in [4.69, 9.17) is 4.74 Å². The molecule has 1 heterocycles. The maximum atomic E-state index is 12.8. The Bertz CT molecular complexity index is 1230. The summed E-state index contributed by atoms with van der Waals surface area (Å²) in [6.45, 7) is 3.77. The highest BCUT2D eigenvalue weighted by molar-refractivity contribution is 7.11. The van der Waals surface area contributed by atoms with E-state index in [9.17, 15) is 19.5 Å². The second-order valence-corrected chi connectivity index (χ2v) is 9.66. The zero-order chi connectivity index (χ0) is 25.1. The fourth-order valence-electron chi connectivity index (χ4n) is 4.45. The lowest BCUT2D eigenvalue weighted by molar-refractivity contribution is -0.142. The number of benzene rings is 2. The number of carbonyl (C=O) groups is 3. The Balaban J connectivity index is 1.36. The monoisotopic (exact) mass is 493 g/mol. The summed E-state index contributed by atoms with van der Waals surface area (Å²) in [5.74, 6) is -1.55. The molecular formula is C26H27N3O5S. The number of nitrogens with one attached hydrogen (secondary N) is 1. The third kappa shape index (κ3) is 4.90. The fraction of sp³-hybridized carbons (Fsp3) is 0.308. The molecule has 0 bridgehead atoms. The van der Waals surface area contributed by atoms with Gasteiger partial charge in [-0.25, -0.2) is 14.6 Å². The lowest BCUT2D eigenvalue weighted by atomic mass is 9.98. The van der Waals surface area contributed by atoms with Gasteiger partial charge >= 0.3 is 12.1 Å². The Morgan fingerprint density at radius 3 is 2.29 bits per heavy atom. The van der Waals surface area contributed by atoms with Gasteiger partial charge < -0.3 is 20.1 Å². The van der Waals surface area contributed by atoms with E-state index in [1.54, 1.807) is 13.8 Å². The summed E-state index contributed by atoms with van der Waals surface area (Å²) < 4.78 is 5.54. The number of fused-ring (bicyclic) bond motifs is 3. The van der Waals surface area contributed by atoms with Gasteiger partial charge in [0.2, 0.25) is 0 Å². The van der Waals surface area contributed by atoms with E-state index in [0.29, 0.717) is 9.88 Å². The van der Waals surface area contributed by atoms with E-state index in [2.05, 4.69) is 34.6 Å². The topological polar surface area (TPSA) is 109 Å². The first-order valence-electron chi connectivity index (χ1n) is 11.4. The lowest BCUT2D eigenvalue weighted by Gasteiger charge is -2.23. The normalized spacial score (nSPS) is 13.0. The van der Waals surface area contributed by atoms with Gasteiger partial charge in [-0.3, -0.25) is 4.79 Å². The molecule has 1 aliphatic rings. The van der Waals surface area contributed by atoms with E-state index >= 15 is 0 Å². The Hall–Kier alpha value is -3.72. The molecule has 0 saturated carbocycles. The lowest BCUT2D eigenvalue weighted by Crippen LogP contribution is -2.42. The first-order valence-corrected chi connectivity index (χ1v) is 12.2. The van der Waals surface area contributed by atoms with E-state index in [1.807, 2.05) is 24.3 Å². The second-order valence-electron chi connectivity index (χ2n) is 8.37. The van der Waals surface area contributed by atoms with Crippen LogP contribution in [0.5, 0.6) is 0 Å². The minimum absolute atomic E-state index is 0.0317. The van der Waals surface area contributed by atoms with Gasteiger partial charge in [0.05, 0.1) is 6.54 Å². The van der Waals surface area contributed by atoms with Crippen molar-refractivity contribution in [1.82, 2.24) is 15.2 Å². The number of alkyl carbamates (subject to hydrolysis) is 1. The number of carboxylic acid groups (broad SMARTS) is 1. The Labute approximate surface area is 207 Å². The van der Waals surface area contributed by atoms with Gasteiger partial charge in [0, 0.05) is 17.8 Å². The van der Waals surface area contributed by atoms with Crippen molar-refractivity contribution in [3.63, 3.8) is 0 Å². The van der Waals surface area contributed by atoms with E-state index in [0.717, 1.165) is 22.3 Å². The number of thiazole rings is 1. The predicted molar refractivity (Wildman–Crippen MR) is 133 cm³/mol. The van der Waals surface area contributed by atoms with E-state index in [1.165, 1.54) is 23.3 Å². The quantitative estimate of drug-likeness (QED) is 0.481. The number of rotatable bonds is 8. The van der Waals surface area contributed by atoms with Crippen molar-refractivity contribution in [2.24, 2.45) is 0 Å². The minimum Gasteiger partial charge on any atom is -0.480 e. The van der Waals surface area contributed by atoms with Crippen molar-refractivity contribution in [2.45, 2.75) is 38.8 Å². The van der Waals surface area contributed by atoms with Gasteiger partial charge in [0.1, 0.15) is 23.4 Å². The number of aromatic nitrogens is 1. The molecule has 0 radical (unpaired) electrons. The number of hydrogen-bond donors (Lipinski definition) is 2. The summed E-state index contributed by atoms with van der Waals surface area (Å²) >= 11 is 1.28. The van der Waals surface area contributed by atoms with Gasteiger partial charge in [-0.15, -0.1) is 11.3 Å². The van der Waals surface area contributed by atoms with Crippen molar-refractivity contribution in [3.8, 4) is 11.1 Å². The molecule has 0 spiro atoms. The smallest absolute Gasteiger partial charge is 0.407 e. The Kier molecular flexibility index (Phi) is 7.16. The summed E-state index contributed by atoms with van der Waals surface area (Å²) in [6.07, 6.45) is -0.279. The fourth-order valence-corrected chi connectivity index (χ4v) is 5.31. The van der Waals surface area contributed by atoms with E-state index in [-0.39, 0.29) is 31.2 Å². The van der Waals surface area contributed by atoms with Gasteiger partial charge in [-0.05, 0) is 35.6 Å². The van der Waals surface area contributed by atoms with Crippen molar-refractivity contribution < 1.29 is 24.2 Å². The van der Waals surface area contributed by atoms with Gasteiger partial charge in [0.25, 0.3) is 5.91 Å². The van der Waals surface area contributed by atoms with Crippen LogP contribution in [0, 0.1) is 6.92 Å². The third-order valence-corrected chi connectivity index (χ3v) is 7.20. The summed E-state index contributed by atoms with van der Waals surface area (Å²) in [5.41, 5.74) is 4.78. The molecule has 2 aromatic carbocycles. The average molecular weight is 494 g/mol. The number of hydrogen-bond acceptors (Lipinski definition) is 6. The van der Waals surface area contributed by atoms with Crippen LogP contribution in [0.15, 0.2) is 48.5 Å². The van der Waals surface area contributed by atoms with E-state index < -0.39 is 24.0 Å². The summed E-state index contributed by atoms with van der Waals surface area (Å²) in [4.78, 5) is 42.8. The Morgan fingerprint density at radius 2 is 1.71 bits per heavy atom. The summed E-state index contributed by atoms with van der Waals surface area (Å²) in [6, 6.07) is 15.3. The van der Waals surface area contributed by atoms with Gasteiger partial charge in [-0.2, -0.15) is 0 Å². The van der Waals surface area contributed by atoms with Crippen LogP contribution in [-0.2, 0) is 16.1 Å². The maximum Gasteiger partial charge on any atom is 0.407 e. The van der Waals surface area contributed by atoms with Crippen molar-refractivity contribution in [2.75, 3.05) is 13.7 Å². The molecule has 8 nitrogen and oxygen atoms in total. The molecule has 1 aromatic heterocycles. The van der Waals surface area contributed by atoms with Crippen LogP contribution in [0.3, 0.4) is 0 Å². The number of carbonyl (C=O) groups excluding carboxylic acids is 2. The number of carboxylic acids is 1. The summed E-state index contributed by atoms with van der Waals surface area (Å²) in [7, 11) is 1.46. The highest BCUT2D eigenvalue weighted by Crippen LogP contribution is 2.44. The second kappa shape index (κ2) is 10.3. The zero-order valence-electron chi connectivity index (χ0n) is 19.8. The number of ether oxygens (including phenoxy) is 1. The molecular weight excluding hydrogens is 466 g/mol. The van der Waals surface area contributed by atoms with Crippen molar-refractivity contribution in [3.05, 3.63) is 75.2 Å². The van der Waals surface area contributed by atoms with Crippen molar-refractivity contribution in [1.29, 1.82) is 0 Å². The molecule has 1 aliphatic carbocycles. The molecule has 2 amide bonds. The molecule has 1 unspecified atom stereocenters. The molecule has 9 heteroatoms. The van der Waals surface area contributed by atoms with Gasteiger partial charge in [-0.1, -0.05) is 55.5 Å². The van der Waals surface area contributed by atoms with Crippen molar-refractivity contribution >= 4 is 29.3 Å². The van der Waals surface area contributed by atoms with Crippen LogP contribution in [0.1, 0.15) is 50.8 Å². The highest BCUT2D eigenvalue weighted by atomic mass is 32.1. The number of aryl methyl sites for hydroxylation is 1. The molecule has 35 heavy (non-hydrogen) atoms. The predicted octanol–water partition coefficient (Wildman–Crippen LogP) is 4.43. The minimum atomic E-state index is -1.06. The molecule has 4 rings (SSSR count). The molecule has 0 aliphatic heterocycles. The Morgan fingerprint density at radius 1 is 1.11 bits per heavy atom. The maximum absolute atomic E-state index is 12.8. The van der Waals surface area contributed by atoms with Crippen LogP contribution in [0.4, 0.5) is 4.79 Å². The number of amides is 2. The molecule has 0 saturated heterocycles. The third-order valence-electron chi connectivity index (χ3n) is 6.23. The van der Waals surface area contributed by atoms with Crippen LogP contribution >= 0.6 is 11.3 Å². The van der Waals surface area contributed by atoms with Crippen LogP contribution in [0.2, 0.25) is 0 Å². The number of likely N-dealkylation sites (N-methyl/N-ethyl adjacent to an activating group) is 1. The van der Waals surface area contributed by atoms with Crippen LogP contribution in [-0.4, -0.2) is 52.7 Å². The molecule has 0 fully saturated rings. The first kappa shape index (κ1) is 24.4. The standard InChI is InChI=1S/C26H27N3O5S/c1-4-21(25(31)32)29(3)24(30)23-15(2)35-22(28-23)13-27-26(33)34-14-20-18-11-7-5-9-16(18)17-10-6-8-12-19(17)20/h5-12,20-21H,4,13-14H2,1-3H3,(H,27,33)(H,31,32). The molecule has 182 valence electrons. The van der Waals surface area contributed by atoms with Crippen LogP contribution < -0.4 is 5.32 Å². The molecule has 3 aromatic rings. The number of aliphatic carboxylic acids is 1. The zero-order valence-corrected chi connectivity index (χ0v) is 20.6. The first-order chi connectivity index (χ1) is 16.8. The van der Waals surface area contributed by atoms with Crippen LogP contribution in [0.25, 0.3) is 11.1 Å². The average Bonchev–Trinajstić information content (AvgIpc) is 3.38. The largest absolute Gasteiger partial charge is 0.480 e. The van der Waals surface area contributed by atoms with Gasteiger partial charge in [0.15, 0.2) is 0 Å². The molecule has 2 N–H and O–H groups in total. The highest BCUT2D eigenvalue weighted by Gasteiger charge is 2.30. The molecule has 1 atom stereocenters.